The van der Waals surface area contributed by atoms with Gasteiger partial charge in [0.25, 0.3) is 0 Å². The van der Waals surface area contributed by atoms with Gasteiger partial charge in [0.15, 0.2) is 0 Å². The highest BCUT2D eigenvalue weighted by Gasteiger charge is 2.22. The summed E-state index contributed by atoms with van der Waals surface area (Å²) in [4.78, 5) is 20.5. The molecule has 1 saturated heterocycles. The van der Waals surface area contributed by atoms with E-state index in [1.54, 1.807) is 0 Å². The molecule has 0 radical (unpaired) electrons. The van der Waals surface area contributed by atoms with Crippen LogP contribution in [0.5, 0.6) is 0 Å². The molecule has 44 valence electrons. The third kappa shape index (κ3) is 0.627. The third-order valence-electron chi connectivity index (χ3n) is 0.821. The normalized spacial score (nSPS) is 19.4. The van der Waals surface area contributed by atoms with E-state index in [4.69, 9.17) is 5.84 Å². The molecule has 0 saturated carbocycles. The van der Waals surface area contributed by atoms with Gasteiger partial charge in [-0.05, 0) is 0 Å². The predicted molar refractivity (Wildman–Crippen MR) is 24.4 cm³/mol. The minimum absolute atomic E-state index is 0.0289. The SMILES string of the molecule is [15NH2][15N]1[13CH2]C(=O)[15NH]C1=O. The van der Waals surface area contributed by atoms with E-state index in [0.29, 0.717) is 0 Å². The Balaban J connectivity index is 2.64. The summed E-state index contributed by atoms with van der Waals surface area (Å²) in [5.74, 6) is 4.62. The number of imide groups is 1. The van der Waals surface area contributed by atoms with E-state index in [1.807, 2.05) is 5.32 Å². The number of amides is 3. The van der Waals surface area contributed by atoms with Crippen LogP contribution in [0.2, 0.25) is 0 Å². The standard InChI is InChI=1S/C3H5N3O2/c4-6-1-2(7)5-3(6)8/h1,4H2,(H,5,7,8)/i1+1,4+1,5+1,6+1. The highest BCUT2D eigenvalue weighted by molar-refractivity contribution is 6.01. The van der Waals surface area contributed by atoms with Crippen molar-refractivity contribution in [1.29, 1.82) is 0 Å². The maximum atomic E-state index is 10.3. The minimum Gasteiger partial charge on any atom is -0.275 e. The van der Waals surface area contributed by atoms with Crippen molar-refractivity contribution in [2.75, 3.05) is 6.54 Å². The summed E-state index contributed by atoms with van der Waals surface area (Å²) in [7, 11) is 0. The average molecular weight is 119 g/mol. The first-order chi connectivity index (χ1) is 3.70. The highest BCUT2D eigenvalue weighted by Crippen LogP contribution is 1.87. The number of hydrazine groups is 1. The maximum Gasteiger partial charge on any atom is 0.338 e. The number of urea groups is 1. The van der Waals surface area contributed by atoms with Crippen LogP contribution in [0.15, 0.2) is 0 Å². The lowest BCUT2D eigenvalue weighted by Gasteiger charge is -1.99. The molecule has 0 spiro atoms. The van der Waals surface area contributed by atoms with Gasteiger partial charge >= 0.3 is 6.03 Å². The molecule has 3 amide bonds. The van der Waals surface area contributed by atoms with Crippen LogP contribution in [0.25, 0.3) is 0 Å². The van der Waals surface area contributed by atoms with Gasteiger partial charge in [0, 0.05) is 0 Å². The number of hydrogen-bond donors (Lipinski definition) is 2. The molecule has 0 aromatic rings. The van der Waals surface area contributed by atoms with E-state index >= 15 is 0 Å². The molecule has 3 N–H and O–H groups in total. The van der Waals surface area contributed by atoms with Crippen LogP contribution in [0.1, 0.15) is 0 Å². The van der Waals surface area contributed by atoms with Gasteiger partial charge in [0.1, 0.15) is 6.54 Å². The lowest BCUT2D eigenvalue weighted by atomic mass is 11.0. The fourth-order valence-electron chi connectivity index (χ4n) is 0.457. The van der Waals surface area contributed by atoms with Gasteiger partial charge in [-0.25, -0.2) is 10.6 Å². The maximum absolute atomic E-state index is 10.3. The second-order valence-electron chi connectivity index (χ2n) is 1.48. The van der Waals surface area contributed by atoms with E-state index in [2.05, 4.69) is 0 Å². The molecule has 5 heteroatoms. The van der Waals surface area contributed by atoms with Crippen molar-refractivity contribution >= 4 is 11.9 Å². The molecule has 0 bridgehead atoms. The Hall–Kier alpha value is -1.10. The Labute approximate surface area is 45.4 Å². The number of rotatable bonds is 0. The zero-order chi connectivity index (χ0) is 6.15. The number of nitrogens with one attached hydrogen (secondary N) is 1. The van der Waals surface area contributed by atoms with Crippen molar-refractivity contribution in [3.63, 3.8) is 0 Å². The largest absolute Gasteiger partial charge is 0.338 e. The predicted octanol–water partition coefficient (Wildman–Crippen LogP) is -1.59. The smallest absolute Gasteiger partial charge is 0.275 e. The van der Waals surface area contributed by atoms with Crippen molar-refractivity contribution in [2.45, 2.75) is 0 Å². The van der Waals surface area contributed by atoms with Gasteiger partial charge in [-0.1, -0.05) is 0 Å². The molecule has 1 aliphatic heterocycles. The molecule has 5 nitrogen and oxygen atoms in total. The van der Waals surface area contributed by atoms with Gasteiger partial charge in [-0.2, -0.15) is 0 Å². The number of nitrogens with zero attached hydrogens (tertiary/aromatic N) is 1. The summed E-state index contributed by atoms with van der Waals surface area (Å²) in [5.41, 5.74) is 0. The fourth-order valence-corrected chi connectivity index (χ4v) is 0.457. The lowest BCUT2D eigenvalue weighted by Crippen LogP contribution is -2.34. The first-order valence-corrected chi connectivity index (χ1v) is 2.06. The Morgan fingerprint density at radius 1 is 1.62 bits per heavy atom. The molecule has 0 unspecified atom stereocenters. The molecule has 0 aromatic carbocycles. The van der Waals surface area contributed by atoms with Crippen molar-refractivity contribution in [3.05, 3.63) is 0 Å². The second-order valence-corrected chi connectivity index (χ2v) is 1.48. The number of nitrogens with two attached hydrogens (primary N) is 1. The molecular weight excluding hydrogens is 114 g/mol. The molecule has 0 aromatic heterocycles. The summed E-state index contributed by atoms with van der Waals surface area (Å²) in [6.45, 7) is -0.0289. The topological polar surface area (TPSA) is 75.4 Å². The summed E-state index contributed by atoms with van der Waals surface area (Å²) in [5, 5.41) is 2.81. The minimum atomic E-state index is -0.532. The van der Waals surface area contributed by atoms with E-state index in [-0.39, 0.29) is 12.5 Å². The molecule has 1 fully saturated rings. The van der Waals surface area contributed by atoms with Gasteiger partial charge < -0.3 is 0 Å². The quantitative estimate of drug-likeness (QED) is 0.133. The van der Waals surface area contributed by atoms with Crippen LogP contribution in [0.3, 0.4) is 0 Å². The van der Waals surface area contributed by atoms with Crippen LogP contribution in [0.4, 0.5) is 4.79 Å². The van der Waals surface area contributed by atoms with Crippen LogP contribution >= 0.6 is 0 Å². The summed E-state index contributed by atoms with van der Waals surface area (Å²) in [6, 6.07) is -0.532. The van der Waals surface area contributed by atoms with Crippen molar-refractivity contribution < 1.29 is 9.59 Å². The molecule has 8 heavy (non-hydrogen) atoms. The lowest BCUT2D eigenvalue weighted by molar-refractivity contribution is -0.118. The van der Waals surface area contributed by atoms with E-state index < -0.39 is 6.03 Å². The molecule has 1 heterocycles. The van der Waals surface area contributed by atoms with Crippen LogP contribution < -0.4 is 11.2 Å². The average Bonchev–Trinajstić information content (AvgIpc) is 1.85. The van der Waals surface area contributed by atoms with Crippen molar-refractivity contribution in [3.8, 4) is 0 Å². The number of carbonyl (C=O) groups is 2. The fraction of sp³-hybridized carbons (Fsp3) is 0.333. The Morgan fingerprint density at radius 3 is 2.38 bits per heavy atom. The molecule has 1 rings (SSSR count). The molecule has 0 atom stereocenters. The second kappa shape index (κ2) is 1.45. The Bertz CT molecular complexity index is 143. The number of carbonyl (C=O) groups excluding carboxylic acids is 2. The summed E-state index contributed by atoms with van der Waals surface area (Å²) >= 11 is 0. The highest BCUT2D eigenvalue weighted by atomic mass is 16.5. The summed E-state index contributed by atoms with van der Waals surface area (Å²) < 4.78 is 0. The number of hydrogen-bond acceptors (Lipinski definition) is 3. The zero-order valence-electron chi connectivity index (χ0n) is 4.05. The molecular formula is C3H5N3O2. The van der Waals surface area contributed by atoms with E-state index in [0.717, 1.165) is 5.01 Å². The summed E-state index contributed by atoms with van der Waals surface area (Å²) in [6.07, 6.45) is 0. The van der Waals surface area contributed by atoms with Crippen LogP contribution in [0, 0.1) is 0 Å². The van der Waals surface area contributed by atoms with Crippen LogP contribution in [-0.2, 0) is 4.79 Å². The third-order valence-corrected chi connectivity index (χ3v) is 0.821. The van der Waals surface area contributed by atoms with E-state index in [9.17, 15) is 9.59 Å². The van der Waals surface area contributed by atoms with Gasteiger partial charge in [-0.3, -0.25) is 15.1 Å². The first-order valence-electron chi connectivity index (χ1n) is 2.06. The van der Waals surface area contributed by atoms with Crippen molar-refractivity contribution in [1.82, 2.24) is 10.3 Å². The van der Waals surface area contributed by atoms with Gasteiger partial charge in [0.05, 0.1) is 0 Å². The first kappa shape index (κ1) is 5.04. The molecule has 1 aliphatic rings. The Morgan fingerprint density at radius 2 is 2.25 bits per heavy atom. The van der Waals surface area contributed by atoms with Gasteiger partial charge in [0.2, 0.25) is 5.91 Å². The monoisotopic (exact) mass is 119 g/mol. The van der Waals surface area contributed by atoms with Crippen molar-refractivity contribution in [2.24, 2.45) is 5.84 Å². The zero-order valence-corrected chi connectivity index (χ0v) is 4.05. The van der Waals surface area contributed by atoms with E-state index in [1.165, 1.54) is 0 Å². The van der Waals surface area contributed by atoms with Crippen LogP contribution in [-0.4, -0.2) is 23.5 Å². The Kier molecular flexibility index (Phi) is 0.911. The van der Waals surface area contributed by atoms with Gasteiger partial charge in [-0.15, -0.1) is 0 Å². The molecule has 0 aliphatic carbocycles.